The molecule has 0 atom stereocenters. The highest BCUT2D eigenvalue weighted by molar-refractivity contribution is 8.00. The lowest BCUT2D eigenvalue weighted by Crippen LogP contribution is -2.18. The number of rotatable bonds is 6. The van der Waals surface area contributed by atoms with E-state index >= 15 is 0 Å². The maximum atomic E-state index is 13.4. The zero-order valence-electron chi connectivity index (χ0n) is 11.5. The molecule has 2 nitrogen and oxygen atoms in total. The molecule has 0 aromatic heterocycles. The van der Waals surface area contributed by atoms with Crippen LogP contribution in [-0.4, -0.2) is 25.0 Å². The Morgan fingerprint density at radius 3 is 2.89 bits per heavy atom. The van der Waals surface area contributed by atoms with Crippen molar-refractivity contribution in [1.82, 2.24) is 5.32 Å². The van der Waals surface area contributed by atoms with E-state index in [1.807, 2.05) is 17.8 Å². The Morgan fingerprint density at radius 1 is 1.37 bits per heavy atom. The third kappa shape index (κ3) is 4.79. The second kappa shape index (κ2) is 7.88. The average Bonchev–Trinajstić information content (AvgIpc) is 2.43. The number of ether oxygens (including phenoxy) is 1. The van der Waals surface area contributed by atoms with Crippen LogP contribution in [0, 0.1) is 5.82 Å². The Bertz CT molecular complexity index is 394. The van der Waals surface area contributed by atoms with Gasteiger partial charge in [0.15, 0.2) is 0 Å². The maximum absolute atomic E-state index is 13.4. The van der Waals surface area contributed by atoms with E-state index in [9.17, 15) is 4.39 Å². The van der Waals surface area contributed by atoms with Gasteiger partial charge in [0.2, 0.25) is 0 Å². The van der Waals surface area contributed by atoms with Crippen molar-refractivity contribution in [2.24, 2.45) is 0 Å². The van der Waals surface area contributed by atoms with Gasteiger partial charge in [-0.2, -0.15) is 0 Å². The molecule has 1 aromatic carbocycles. The molecule has 0 aliphatic carbocycles. The topological polar surface area (TPSA) is 21.3 Å². The van der Waals surface area contributed by atoms with Crippen molar-refractivity contribution in [3.63, 3.8) is 0 Å². The summed E-state index contributed by atoms with van der Waals surface area (Å²) in [6.07, 6.45) is 3.27. The lowest BCUT2D eigenvalue weighted by Gasteiger charge is -2.22. The highest BCUT2D eigenvalue weighted by Gasteiger charge is 2.16. The van der Waals surface area contributed by atoms with Crippen LogP contribution in [0.4, 0.5) is 4.39 Å². The summed E-state index contributed by atoms with van der Waals surface area (Å²) in [4.78, 5) is 1.21. The van der Waals surface area contributed by atoms with Gasteiger partial charge in [-0.3, -0.25) is 0 Å². The Hall–Kier alpha value is -0.580. The van der Waals surface area contributed by atoms with Crippen LogP contribution in [0.2, 0.25) is 0 Å². The van der Waals surface area contributed by atoms with Crippen LogP contribution in [0.1, 0.15) is 31.7 Å². The summed E-state index contributed by atoms with van der Waals surface area (Å²) < 4.78 is 18.8. The predicted octanol–water partition coefficient (Wildman–Crippen LogP) is 3.60. The fraction of sp³-hybridized carbons (Fsp3) is 0.600. The fourth-order valence-corrected chi connectivity index (χ4v) is 3.39. The van der Waals surface area contributed by atoms with Crippen LogP contribution in [0.25, 0.3) is 0 Å². The van der Waals surface area contributed by atoms with Gasteiger partial charge < -0.3 is 10.1 Å². The maximum Gasteiger partial charge on any atom is 0.123 e. The smallest absolute Gasteiger partial charge is 0.123 e. The van der Waals surface area contributed by atoms with Crippen LogP contribution in [0.15, 0.2) is 23.1 Å². The van der Waals surface area contributed by atoms with Gasteiger partial charge in [-0.15, -0.1) is 11.8 Å². The van der Waals surface area contributed by atoms with Crippen molar-refractivity contribution in [2.75, 3.05) is 19.8 Å². The zero-order chi connectivity index (χ0) is 13.5. The first-order chi connectivity index (χ1) is 9.29. The second-order valence-corrected chi connectivity index (χ2v) is 6.20. The third-order valence-electron chi connectivity index (χ3n) is 3.23. The van der Waals surface area contributed by atoms with Gasteiger partial charge in [-0.05, 0) is 49.6 Å². The summed E-state index contributed by atoms with van der Waals surface area (Å²) in [5.74, 6) is -0.148. The quantitative estimate of drug-likeness (QED) is 0.806. The van der Waals surface area contributed by atoms with Crippen molar-refractivity contribution >= 4 is 11.8 Å². The van der Waals surface area contributed by atoms with Crippen molar-refractivity contribution < 1.29 is 9.13 Å². The molecule has 1 heterocycles. The van der Waals surface area contributed by atoms with E-state index in [2.05, 4.69) is 12.2 Å². The van der Waals surface area contributed by atoms with Gasteiger partial charge in [0.05, 0.1) is 0 Å². The first-order valence-corrected chi connectivity index (χ1v) is 7.91. The number of nitrogens with one attached hydrogen (secondary N) is 1. The Labute approximate surface area is 119 Å². The van der Waals surface area contributed by atoms with Crippen LogP contribution in [0.5, 0.6) is 0 Å². The van der Waals surface area contributed by atoms with Gasteiger partial charge >= 0.3 is 0 Å². The SMILES string of the molecule is CCCNCc1cc(F)ccc1SC1CCOCC1. The molecular weight excluding hydrogens is 261 g/mol. The minimum atomic E-state index is -0.148. The predicted molar refractivity (Wildman–Crippen MR) is 78.1 cm³/mol. The molecule has 1 fully saturated rings. The van der Waals surface area contributed by atoms with Crippen molar-refractivity contribution in [3.05, 3.63) is 29.6 Å². The largest absolute Gasteiger partial charge is 0.381 e. The number of hydrogen-bond donors (Lipinski definition) is 1. The highest BCUT2D eigenvalue weighted by Crippen LogP contribution is 2.32. The average molecular weight is 283 g/mol. The number of benzene rings is 1. The molecule has 0 spiro atoms. The van der Waals surface area contributed by atoms with Crippen LogP contribution < -0.4 is 5.32 Å². The number of thioether (sulfide) groups is 1. The molecule has 0 radical (unpaired) electrons. The minimum absolute atomic E-state index is 0.148. The van der Waals surface area contributed by atoms with Crippen LogP contribution in [-0.2, 0) is 11.3 Å². The van der Waals surface area contributed by atoms with Gasteiger partial charge in [0.1, 0.15) is 5.82 Å². The second-order valence-electron chi connectivity index (χ2n) is 4.86. The molecule has 19 heavy (non-hydrogen) atoms. The normalized spacial score (nSPS) is 16.7. The summed E-state index contributed by atoms with van der Waals surface area (Å²) >= 11 is 1.87. The van der Waals surface area contributed by atoms with Gasteiger partial charge in [-0.25, -0.2) is 4.39 Å². The fourth-order valence-electron chi connectivity index (χ4n) is 2.17. The van der Waals surface area contributed by atoms with E-state index in [0.717, 1.165) is 51.1 Å². The molecular formula is C15H22FNOS. The van der Waals surface area contributed by atoms with Gasteiger partial charge in [0, 0.05) is 29.9 Å². The van der Waals surface area contributed by atoms with E-state index in [0.29, 0.717) is 5.25 Å². The lowest BCUT2D eigenvalue weighted by molar-refractivity contribution is 0.1000. The van der Waals surface area contributed by atoms with Gasteiger partial charge in [-0.1, -0.05) is 6.92 Å². The molecule has 0 amide bonds. The molecule has 0 saturated carbocycles. The monoisotopic (exact) mass is 283 g/mol. The van der Waals surface area contributed by atoms with Crippen molar-refractivity contribution in [3.8, 4) is 0 Å². The molecule has 1 aliphatic rings. The zero-order valence-corrected chi connectivity index (χ0v) is 12.3. The number of halogens is 1. The summed E-state index contributed by atoms with van der Waals surface area (Å²) in [5.41, 5.74) is 1.07. The van der Waals surface area contributed by atoms with E-state index in [1.54, 1.807) is 12.1 Å². The standard InChI is InChI=1S/C15H22FNOS/c1-2-7-17-11-12-10-13(16)3-4-15(12)19-14-5-8-18-9-6-14/h3-4,10,14,17H,2,5-9,11H2,1H3. The molecule has 0 unspecified atom stereocenters. The Kier molecular flexibility index (Phi) is 6.14. The first-order valence-electron chi connectivity index (χ1n) is 7.03. The number of hydrogen-bond acceptors (Lipinski definition) is 3. The lowest BCUT2D eigenvalue weighted by atomic mass is 10.2. The summed E-state index contributed by atoms with van der Waals surface area (Å²) in [5, 5.41) is 3.95. The van der Waals surface area contributed by atoms with Crippen LogP contribution >= 0.6 is 11.8 Å². The van der Waals surface area contributed by atoms with E-state index < -0.39 is 0 Å². The summed E-state index contributed by atoms with van der Waals surface area (Å²) in [7, 11) is 0. The third-order valence-corrected chi connectivity index (χ3v) is 4.68. The Balaban J connectivity index is 2.00. The Morgan fingerprint density at radius 2 is 2.16 bits per heavy atom. The molecule has 2 rings (SSSR count). The summed E-state index contributed by atoms with van der Waals surface area (Å²) in [6, 6.07) is 5.13. The first kappa shape index (κ1) is 14.8. The minimum Gasteiger partial charge on any atom is -0.381 e. The summed E-state index contributed by atoms with van der Waals surface area (Å²) in [6.45, 7) is 5.55. The van der Waals surface area contributed by atoms with Crippen molar-refractivity contribution in [2.45, 2.75) is 42.9 Å². The molecule has 1 N–H and O–H groups in total. The van der Waals surface area contributed by atoms with Gasteiger partial charge in [0.25, 0.3) is 0 Å². The van der Waals surface area contributed by atoms with Crippen molar-refractivity contribution in [1.29, 1.82) is 0 Å². The molecule has 1 aliphatic heterocycles. The van der Waals surface area contributed by atoms with E-state index in [-0.39, 0.29) is 5.82 Å². The van der Waals surface area contributed by atoms with E-state index in [1.165, 1.54) is 4.90 Å². The van der Waals surface area contributed by atoms with E-state index in [4.69, 9.17) is 4.74 Å². The molecule has 1 aromatic rings. The molecule has 4 heteroatoms. The molecule has 1 saturated heterocycles. The molecule has 0 bridgehead atoms. The van der Waals surface area contributed by atoms with Crippen LogP contribution in [0.3, 0.4) is 0 Å². The molecule has 106 valence electrons. The highest BCUT2D eigenvalue weighted by atomic mass is 32.2.